The lowest BCUT2D eigenvalue weighted by Crippen LogP contribution is -2.11. The summed E-state index contributed by atoms with van der Waals surface area (Å²) in [6.07, 6.45) is 4.05. The summed E-state index contributed by atoms with van der Waals surface area (Å²) in [4.78, 5) is 20.2. The summed E-state index contributed by atoms with van der Waals surface area (Å²) in [5, 5.41) is 10.7. The number of H-pyrrole nitrogens is 1. The Morgan fingerprint density at radius 2 is 2.12 bits per heavy atom. The Labute approximate surface area is 154 Å². The normalized spacial score (nSPS) is 13.6. The zero-order valence-corrected chi connectivity index (χ0v) is 13.9. The minimum atomic E-state index is -0.592. The number of anilines is 2. The summed E-state index contributed by atoms with van der Waals surface area (Å²) in [6.45, 7) is 0. The fraction of sp³-hybridized carbons (Fsp3) is 0.176. The first kappa shape index (κ1) is 15.6. The number of benzene rings is 1. The van der Waals surface area contributed by atoms with E-state index in [1.54, 1.807) is 30.5 Å². The van der Waals surface area contributed by atoms with E-state index in [1.165, 1.54) is 12.8 Å². The molecule has 1 aromatic carbocycles. The molecule has 8 heteroatoms. The van der Waals surface area contributed by atoms with Crippen LogP contribution < -0.4 is 11.1 Å². The molecule has 0 aliphatic heterocycles. The molecule has 0 radical (unpaired) electrons. The number of aromatic amines is 1. The number of hydrogen-bond acceptors (Lipinski definition) is 5. The zero-order chi connectivity index (χ0) is 17.4. The molecule has 1 fully saturated rings. The van der Waals surface area contributed by atoms with Gasteiger partial charge < -0.3 is 11.1 Å². The summed E-state index contributed by atoms with van der Waals surface area (Å²) in [6, 6.07) is 8.68. The molecule has 134 valence electrons. The Bertz CT molecular complexity index is 967. The van der Waals surface area contributed by atoms with Crippen molar-refractivity contribution >= 4 is 29.1 Å². The summed E-state index contributed by atoms with van der Waals surface area (Å²) in [7, 11) is 0. The van der Waals surface area contributed by atoms with Crippen LogP contribution in [0.5, 0.6) is 0 Å². The van der Waals surface area contributed by atoms with Gasteiger partial charge in [-0.3, -0.25) is 9.89 Å². The van der Waals surface area contributed by atoms with Crippen LogP contribution in [0, 0.1) is 0 Å². The van der Waals surface area contributed by atoms with Crippen molar-refractivity contribution in [3.05, 3.63) is 52.8 Å². The van der Waals surface area contributed by atoms with Crippen molar-refractivity contribution < 1.29 is 10.5 Å². The van der Waals surface area contributed by atoms with Gasteiger partial charge in [0.2, 0.25) is 5.91 Å². The van der Waals surface area contributed by atoms with Gasteiger partial charge in [-0.15, -0.1) is 0 Å². The third-order valence-corrected chi connectivity index (χ3v) is 4.35. The van der Waals surface area contributed by atoms with Gasteiger partial charge in [0.25, 0.3) is 0 Å². The van der Waals surface area contributed by atoms with Crippen molar-refractivity contribution in [3.63, 3.8) is 0 Å². The first-order valence-corrected chi connectivity index (χ1v) is 8.23. The molecule has 4 N–H and O–H groups in total. The maximum atomic E-state index is 11.4. The van der Waals surface area contributed by atoms with E-state index in [2.05, 4.69) is 25.5 Å². The molecule has 1 saturated carbocycles. The van der Waals surface area contributed by atoms with Crippen LogP contribution in [-0.2, 0) is 0 Å². The minimum absolute atomic E-state index is 0. The highest BCUT2D eigenvalue weighted by molar-refractivity contribution is 6.33. The predicted octanol–water partition coefficient (Wildman–Crippen LogP) is 4.22. The van der Waals surface area contributed by atoms with Gasteiger partial charge in [-0.1, -0.05) is 11.6 Å². The number of amides is 1. The van der Waals surface area contributed by atoms with E-state index in [0.717, 1.165) is 5.69 Å². The SMILES string of the molecule is NC(=O)c1cc(-c2nccc(Nc3cc(C4CC4)[nH]n3)n2)ccc1Cl.[HH].[HH].[HH].[HH]. The van der Waals surface area contributed by atoms with Crippen molar-refractivity contribution in [1.29, 1.82) is 0 Å². The highest BCUT2D eigenvalue weighted by atomic mass is 35.5. The highest BCUT2D eigenvalue weighted by Gasteiger charge is 2.25. The fourth-order valence-electron chi connectivity index (χ4n) is 2.56. The van der Waals surface area contributed by atoms with Gasteiger partial charge in [0.15, 0.2) is 11.6 Å². The Morgan fingerprint density at radius 3 is 2.88 bits per heavy atom. The maximum Gasteiger partial charge on any atom is 0.250 e. The van der Waals surface area contributed by atoms with Crippen LogP contribution >= 0.6 is 11.6 Å². The molecule has 1 amide bonds. The number of nitrogens with two attached hydrogens (primary N) is 1. The second-order valence-corrected chi connectivity index (χ2v) is 6.34. The number of aromatic nitrogens is 4. The monoisotopic (exact) mass is 362 g/mol. The molecule has 0 atom stereocenters. The van der Waals surface area contributed by atoms with Crippen LogP contribution in [0.4, 0.5) is 11.6 Å². The third kappa shape index (κ3) is 3.32. The van der Waals surface area contributed by atoms with E-state index >= 15 is 0 Å². The lowest BCUT2D eigenvalue weighted by Gasteiger charge is -2.06. The topological polar surface area (TPSA) is 110 Å². The van der Waals surface area contributed by atoms with Crippen molar-refractivity contribution in [2.75, 3.05) is 5.32 Å². The van der Waals surface area contributed by atoms with E-state index in [0.29, 0.717) is 34.0 Å². The van der Waals surface area contributed by atoms with E-state index < -0.39 is 5.91 Å². The van der Waals surface area contributed by atoms with Crippen LogP contribution in [-0.4, -0.2) is 26.1 Å². The third-order valence-electron chi connectivity index (χ3n) is 4.02. The molecule has 7 nitrogen and oxygen atoms in total. The van der Waals surface area contributed by atoms with Crippen molar-refractivity contribution in [2.24, 2.45) is 5.73 Å². The van der Waals surface area contributed by atoms with Crippen LogP contribution in [0.25, 0.3) is 11.4 Å². The van der Waals surface area contributed by atoms with Crippen molar-refractivity contribution in [3.8, 4) is 11.4 Å². The molecular formula is C17H23ClN6O. The van der Waals surface area contributed by atoms with Gasteiger partial charge in [0.05, 0.1) is 10.6 Å². The largest absolute Gasteiger partial charge is 0.366 e. The summed E-state index contributed by atoms with van der Waals surface area (Å²) in [5.74, 6) is 1.78. The molecule has 4 rings (SSSR count). The predicted molar refractivity (Wildman–Crippen MR) is 103 cm³/mol. The van der Waals surface area contributed by atoms with Gasteiger partial charge in [-0.25, -0.2) is 9.97 Å². The number of primary amides is 1. The molecule has 3 aromatic rings. The standard InChI is InChI=1S/C17H15ClN6O.4H2/c18-12-4-3-10(7-11(12)16(19)25)17-20-6-5-14(22-17)21-15-8-13(23-24-15)9-1-2-9;;;;/h3-9H,1-2H2,(H2,19,25)(H2,20,21,22,23,24);4*1H. The lowest BCUT2D eigenvalue weighted by molar-refractivity contribution is 0.100. The molecule has 0 spiro atoms. The number of nitrogens with zero attached hydrogens (tertiary/aromatic N) is 3. The van der Waals surface area contributed by atoms with Gasteiger partial charge in [-0.05, 0) is 37.1 Å². The van der Waals surface area contributed by atoms with Gasteiger partial charge >= 0.3 is 0 Å². The average molecular weight is 363 g/mol. The summed E-state index contributed by atoms with van der Waals surface area (Å²) < 4.78 is 0. The molecule has 1 aliphatic rings. The molecular weight excluding hydrogens is 340 g/mol. The Kier molecular flexibility index (Phi) is 3.85. The molecule has 0 bridgehead atoms. The van der Waals surface area contributed by atoms with Crippen LogP contribution in [0.1, 0.15) is 40.5 Å². The number of nitrogens with one attached hydrogen (secondary N) is 2. The fourth-order valence-corrected chi connectivity index (χ4v) is 2.77. The van der Waals surface area contributed by atoms with Gasteiger partial charge in [-0.2, -0.15) is 5.10 Å². The zero-order valence-electron chi connectivity index (χ0n) is 13.2. The molecule has 1 aliphatic carbocycles. The van der Waals surface area contributed by atoms with E-state index in [4.69, 9.17) is 17.3 Å². The van der Waals surface area contributed by atoms with Gasteiger partial charge in [0.1, 0.15) is 5.82 Å². The minimum Gasteiger partial charge on any atom is -0.366 e. The molecule has 2 heterocycles. The van der Waals surface area contributed by atoms with Gasteiger partial charge in [0, 0.05) is 35.1 Å². The second kappa shape index (κ2) is 6.18. The smallest absolute Gasteiger partial charge is 0.250 e. The summed E-state index contributed by atoms with van der Waals surface area (Å²) >= 11 is 5.98. The maximum absolute atomic E-state index is 11.4. The Balaban J connectivity index is 0.00000196. The van der Waals surface area contributed by atoms with Crippen molar-refractivity contribution in [2.45, 2.75) is 18.8 Å². The number of carbonyl (C=O) groups excluding carboxylic acids is 1. The van der Waals surface area contributed by atoms with Crippen molar-refractivity contribution in [1.82, 2.24) is 20.2 Å². The van der Waals surface area contributed by atoms with Crippen LogP contribution in [0.15, 0.2) is 36.5 Å². The first-order valence-electron chi connectivity index (χ1n) is 7.85. The molecule has 25 heavy (non-hydrogen) atoms. The molecule has 0 saturated heterocycles. The second-order valence-electron chi connectivity index (χ2n) is 5.93. The lowest BCUT2D eigenvalue weighted by atomic mass is 10.1. The molecule has 2 aromatic heterocycles. The number of rotatable bonds is 5. The highest BCUT2D eigenvalue weighted by Crippen LogP contribution is 2.39. The number of halogens is 1. The van der Waals surface area contributed by atoms with Crippen LogP contribution in [0.2, 0.25) is 5.02 Å². The number of carbonyl (C=O) groups is 1. The number of hydrogen-bond donors (Lipinski definition) is 3. The first-order chi connectivity index (χ1) is 12.1. The summed E-state index contributed by atoms with van der Waals surface area (Å²) in [5.41, 5.74) is 7.37. The van der Waals surface area contributed by atoms with Crippen LogP contribution in [0.3, 0.4) is 0 Å². The van der Waals surface area contributed by atoms with E-state index in [9.17, 15) is 4.79 Å². The Hall–Kier alpha value is -2.93. The quantitative estimate of drug-likeness (QED) is 0.629. The van der Waals surface area contributed by atoms with E-state index in [-0.39, 0.29) is 11.3 Å². The molecule has 0 unspecified atom stereocenters. The van der Waals surface area contributed by atoms with E-state index in [1.807, 2.05) is 6.07 Å². The Morgan fingerprint density at radius 1 is 1.28 bits per heavy atom. The average Bonchev–Trinajstić information content (AvgIpc) is 3.35.